The minimum absolute atomic E-state index is 0.0191. The van der Waals surface area contributed by atoms with Crippen molar-refractivity contribution in [3.8, 4) is 40.2 Å². The quantitative estimate of drug-likeness (QED) is 0.156. The van der Waals surface area contributed by atoms with Crippen LogP contribution in [0.2, 0.25) is 0 Å². The fourth-order valence-electron chi connectivity index (χ4n) is 5.16. The summed E-state index contributed by atoms with van der Waals surface area (Å²) in [4.78, 5) is 13.8. The van der Waals surface area contributed by atoms with Crippen LogP contribution in [0.25, 0.3) is 12.2 Å². The predicted molar refractivity (Wildman–Crippen MR) is 133 cm³/mol. The van der Waals surface area contributed by atoms with E-state index in [0.717, 1.165) is 11.6 Å². The van der Waals surface area contributed by atoms with E-state index in [1.54, 1.807) is 36.4 Å². The third-order valence-electron chi connectivity index (χ3n) is 6.68. The Kier molecular flexibility index (Phi) is 4.81. The van der Waals surface area contributed by atoms with Crippen LogP contribution >= 0.6 is 0 Å². The van der Waals surface area contributed by atoms with Crippen molar-refractivity contribution in [1.82, 2.24) is 0 Å². The number of ether oxygens (including phenoxy) is 2. The Balaban J connectivity index is 1.63. The molecule has 5 N–H and O–H groups in total. The van der Waals surface area contributed by atoms with Gasteiger partial charge in [-0.2, -0.15) is 0 Å². The molecule has 4 aromatic carbocycles. The summed E-state index contributed by atoms with van der Waals surface area (Å²) in [6, 6.07) is 17.8. The zero-order valence-corrected chi connectivity index (χ0v) is 19.1. The van der Waals surface area contributed by atoms with Crippen molar-refractivity contribution in [2.45, 2.75) is 11.5 Å². The zero-order chi connectivity index (χ0) is 25.9. The molecule has 8 nitrogen and oxygen atoms in total. The summed E-state index contributed by atoms with van der Waals surface area (Å²) in [5, 5.41) is 51.0. The van der Waals surface area contributed by atoms with Gasteiger partial charge in [0.15, 0.2) is 5.41 Å². The summed E-state index contributed by atoms with van der Waals surface area (Å²) in [5.74, 6) is -1.14. The maximum absolute atomic E-state index is 13.8. The summed E-state index contributed by atoms with van der Waals surface area (Å²) in [5.41, 5.74) is 0.489. The predicted octanol–water partition coefficient (Wildman–Crippen LogP) is 4.72. The highest BCUT2D eigenvalue weighted by Gasteiger charge is 2.64. The van der Waals surface area contributed by atoms with Gasteiger partial charge >= 0.3 is 5.97 Å². The van der Waals surface area contributed by atoms with Gasteiger partial charge < -0.3 is 35.0 Å². The van der Waals surface area contributed by atoms with Gasteiger partial charge in [0.05, 0.1) is 5.56 Å². The normalized spacial score (nSPS) is 19.6. The SMILES string of the molecule is O=C1Oc2cc(O)cc(C=Cc3ccc(O)cc3)c2[C@]12c1c(O)cc(O)cc1O[C@H]2c1ccc(O)cc1. The third kappa shape index (κ3) is 3.34. The van der Waals surface area contributed by atoms with Gasteiger partial charge in [-0.3, -0.25) is 4.79 Å². The first-order chi connectivity index (χ1) is 17.8. The molecule has 2 heterocycles. The smallest absolute Gasteiger partial charge is 0.331 e. The van der Waals surface area contributed by atoms with E-state index in [1.165, 1.54) is 42.5 Å². The standard InChI is InChI=1S/C29H20O8/c30-18-7-2-15(3-8-18)1-4-17-11-20(32)13-23-25(17)29(28(35)37-23)26-22(34)12-21(33)14-24(26)36-27(29)16-5-9-19(31)10-6-16/h1-14,27,30-34H/t27-,29+/m0/s1. The Bertz CT molecular complexity index is 1590. The lowest BCUT2D eigenvalue weighted by molar-refractivity contribution is -0.139. The first-order valence-corrected chi connectivity index (χ1v) is 11.4. The van der Waals surface area contributed by atoms with Gasteiger partial charge in [0.2, 0.25) is 0 Å². The lowest BCUT2D eigenvalue weighted by atomic mass is 9.68. The van der Waals surface area contributed by atoms with Crippen LogP contribution in [0, 0.1) is 0 Å². The molecule has 184 valence electrons. The molecule has 0 unspecified atom stereocenters. The van der Waals surface area contributed by atoms with Gasteiger partial charge in [0.25, 0.3) is 0 Å². The van der Waals surface area contributed by atoms with Gasteiger partial charge in [-0.15, -0.1) is 0 Å². The average Bonchev–Trinajstić information content (AvgIpc) is 3.34. The minimum atomic E-state index is -1.69. The van der Waals surface area contributed by atoms with E-state index in [1.807, 2.05) is 0 Å². The second-order valence-corrected chi connectivity index (χ2v) is 8.96. The van der Waals surface area contributed by atoms with Crippen molar-refractivity contribution in [3.63, 3.8) is 0 Å². The monoisotopic (exact) mass is 496 g/mol. The van der Waals surface area contributed by atoms with E-state index in [4.69, 9.17) is 9.47 Å². The van der Waals surface area contributed by atoms with E-state index in [9.17, 15) is 30.3 Å². The molecule has 6 rings (SSSR count). The Morgan fingerprint density at radius 2 is 1.30 bits per heavy atom. The second-order valence-electron chi connectivity index (χ2n) is 8.96. The Morgan fingerprint density at radius 1 is 0.676 bits per heavy atom. The first-order valence-electron chi connectivity index (χ1n) is 11.4. The van der Waals surface area contributed by atoms with Crippen molar-refractivity contribution < 1.29 is 39.8 Å². The topological polar surface area (TPSA) is 137 Å². The molecular formula is C29H20O8. The van der Waals surface area contributed by atoms with Crippen LogP contribution in [0.4, 0.5) is 0 Å². The van der Waals surface area contributed by atoms with E-state index < -0.39 is 17.5 Å². The van der Waals surface area contributed by atoms with Gasteiger partial charge in [0, 0.05) is 23.8 Å². The summed E-state index contributed by atoms with van der Waals surface area (Å²) in [6.07, 6.45) is 2.40. The largest absolute Gasteiger partial charge is 0.508 e. The van der Waals surface area contributed by atoms with Crippen LogP contribution in [0.15, 0.2) is 72.8 Å². The molecular weight excluding hydrogens is 476 g/mol. The summed E-state index contributed by atoms with van der Waals surface area (Å²) >= 11 is 0. The van der Waals surface area contributed by atoms with Gasteiger partial charge in [-0.05, 0) is 47.0 Å². The Hall–Kier alpha value is -5.11. The molecule has 0 bridgehead atoms. The highest BCUT2D eigenvalue weighted by Crippen LogP contribution is 2.63. The highest BCUT2D eigenvalue weighted by molar-refractivity contribution is 6.00. The fourth-order valence-corrected chi connectivity index (χ4v) is 5.16. The number of benzene rings is 4. The molecule has 2 aliphatic rings. The van der Waals surface area contributed by atoms with Gasteiger partial charge in [-0.25, -0.2) is 0 Å². The first kappa shape index (κ1) is 22.4. The third-order valence-corrected chi connectivity index (χ3v) is 6.68. The Morgan fingerprint density at radius 3 is 2.00 bits per heavy atom. The van der Waals surface area contributed by atoms with Gasteiger partial charge in [-0.1, -0.05) is 36.4 Å². The van der Waals surface area contributed by atoms with Crippen LogP contribution in [0.3, 0.4) is 0 Å². The average molecular weight is 496 g/mol. The number of carbonyl (C=O) groups excluding carboxylic acids is 1. The van der Waals surface area contributed by atoms with Crippen LogP contribution in [-0.2, 0) is 10.2 Å². The number of fused-ring (bicyclic) bond motifs is 4. The fraction of sp³-hybridized carbons (Fsp3) is 0.0690. The van der Waals surface area contributed by atoms with E-state index in [2.05, 4.69) is 0 Å². The Labute approximate surface area is 210 Å². The van der Waals surface area contributed by atoms with E-state index in [0.29, 0.717) is 16.7 Å². The molecule has 0 fully saturated rings. The summed E-state index contributed by atoms with van der Waals surface area (Å²) < 4.78 is 11.9. The molecule has 0 saturated carbocycles. The number of esters is 1. The maximum Gasteiger partial charge on any atom is 0.331 e. The number of phenolic OH excluding ortho intramolecular Hbond substituents is 5. The van der Waals surface area contributed by atoms with Crippen molar-refractivity contribution in [2.75, 3.05) is 0 Å². The molecule has 8 heteroatoms. The molecule has 0 aromatic heterocycles. The van der Waals surface area contributed by atoms with E-state index >= 15 is 0 Å². The van der Waals surface area contributed by atoms with Crippen LogP contribution < -0.4 is 9.47 Å². The van der Waals surface area contributed by atoms with E-state index in [-0.39, 0.29) is 45.8 Å². The van der Waals surface area contributed by atoms with Crippen molar-refractivity contribution in [1.29, 1.82) is 0 Å². The zero-order valence-electron chi connectivity index (χ0n) is 19.1. The highest BCUT2D eigenvalue weighted by atomic mass is 16.6. The number of rotatable bonds is 3. The lowest BCUT2D eigenvalue weighted by Gasteiger charge is -2.29. The van der Waals surface area contributed by atoms with Crippen molar-refractivity contribution in [2.24, 2.45) is 0 Å². The number of hydrogen-bond acceptors (Lipinski definition) is 8. The lowest BCUT2D eigenvalue weighted by Crippen LogP contribution is -2.40. The maximum atomic E-state index is 13.8. The molecule has 0 amide bonds. The van der Waals surface area contributed by atoms with Crippen molar-refractivity contribution in [3.05, 3.63) is 101 Å². The molecule has 0 radical (unpaired) electrons. The second kappa shape index (κ2) is 7.96. The molecule has 1 spiro atoms. The summed E-state index contributed by atoms with van der Waals surface area (Å²) in [7, 11) is 0. The molecule has 0 saturated heterocycles. The number of hydrogen-bond donors (Lipinski definition) is 5. The van der Waals surface area contributed by atoms with Crippen LogP contribution in [-0.4, -0.2) is 31.5 Å². The van der Waals surface area contributed by atoms with Crippen molar-refractivity contribution >= 4 is 18.1 Å². The number of phenols is 5. The molecule has 37 heavy (non-hydrogen) atoms. The molecule has 2 atom stereocenters. The number of carbonyl (C=O) groups is 1. The van der Waals surface area contributed by atoms with Crippen LogP contribution in [0.1, 0.15) is 33.9 Å². The summed E-state index contributed by atoms with van der Waals surface area (Å²) in [6.45, 7) is 0. The number of aromatic hydroxyl groups is 5. The molecule has 2 aliphatic heterocycles. The molecule has 4 aromatic rings. The molecule has 0 aliphatic carbocycles. The van der Waals surface area contributed by atoms with Crippen LogP contribution in [0.5, 0.6) is 40.2 Å². The van der Waals surface area contributed by atoms with Gasteiger partial charge in [0.1, 0.15) is 46.4 Å². The minimum Gasteiger partial charge on any atom is -0.508 e.